The highest BCUT2D eigenvalue weighted by atomic mass is 32.2. The van der Waals surface area contributed by atoms with E-state index in [1.807, 2.05) is 23.0 Å². The number of hydrogen-bond acceptors (Lipinski definition) is 4. The highest BCUT2D eigenvalue weighted by Crippen LogP contribution is 2.39. The number of benzene rings is 1. The van der Waals surface area contributed by atoms with Gasteiger partial charge in [-0.2, -0.15) is 0 Å². The molecule has 0 spiro atoms. The Hall–Kier alpha value is -1.70. The van der Waals surface area contributed by atoms with Crippen molar-refractivity contribution >= 4 is 27.3 Å². The molecule has 0 saturated heterocycles. The lowest BCUT2D eigenvalue weighted by atomic mass is 9.91. The largest absolute Gasteiger partial charge is 0.276 e. The summed E-state index contributed by atoms with van der Waals surface area (Å²) >= 11 is 1.39. The average Bonchev–Trinajstić information content (AvgIpc) is 2.88. The number of aryl methyl sites for hydroxylation is 2. The van der Waals surface area contributed by atoms with Crippen molar-refractivity contribution in [2.24, 2.45) is 0 Å². The summed E-state index contributed by atoms with van der Waals surface area (Å²) in [6, 6.07) is 10.00. The van der Waals surface area contributed by atoms with Gasteiger partial charge in [-0.15, -0.1) is 16.2 Å². The second-order valence-corrected chi connectivity index (χ2v) is 7.75. The summed E-state index contributed by atoms with van der Waals surface area (Å²) in [7, 11) is -3.46. The van der Waals surface area contributed by atoms with Crippen molar-refractivity contribution in [1.29, 1.82) is 0 Å². The summed E-state index contributed by atoms with van der Waals surface area (Å²) in [6.07, 6.45) is 2.85. The molecule has 3 rings (SSSR count). The Morgan fingerprint density at radius 2 is 1.90 bits per heavy atom. The third-order valence-electron chi connectivity index (χ3n) is 3.31. The van der Waals surface area contributed by atoms with Crippen LogP contribution in [0.2, 0.25) is 0 Å². The minimum atomic E-state index is -3.46. The monoisotopic (exact) mass is 322 g/mol. The molecule has 0 saturated carbocycles. The van der Waals surface area contributed by atoms with Crippen LogP contribution in [-0.4, -0.2) is 20.6 Å². The molecule has 0 radical (unpaired) electrons. The lowest BCUT2D eigenvalue weighted by molar-refractivity contribution is 0.0949. The number of amides is 1. The number of rotatable bonds is 3. The van der Waals surface area contributed by atoms with Crippen LogP contribution in [0.25, 0.3) is 10.4 Å². The van der Waals surface area contributed by atoms with Crippen molar-refractivity contribution in [2.75, 3.05) is 6.26 Å². The molecule has 0 atom stereocenters. The number of carbonyl (C=O) groups excluding carboxylic acids is 1. The van der Waals surface area contributed by atoms with E-state index < -0.39 is 15.9 Å². The Labute approximate surface area is 127 Å². The molecule has 1 heterocycles. The SMILES string of the molecule is CS(=O)(=O)NNC(=O)c1cc2c(s1)-c1ccccc1CC2. The van der Waals surface area contributed by atoms with Crippen LogP contribution in [0.3, 0.4) is 0 Å². The van der Waals surface area contributed by atoms with E-state index in [0.717, 1.165) is 29.5 Å². The maximum Gasteiger partial charge on any atom is 0.276 e. The number of fused-ring (bicyclic) bond motifs is 3. The number of thiophene rings is 1. The van der Waals surface area contributed by atoms with Crippen LogP contribution in [0.4, 0.5) is 0 Å². The van der Waals surface area contributed by atoms with Crippen LogP contribution >= 0.6 is 11.3 Å². The third-order valence-corrected chi connectivity index (χ3v) is 4.99. The minimum absolute atomic E-state index is 0.433. The van der Waals surface area contributed by atoms with Gasteiger partial charge in [0.1, 0.15) is 0 Å². The van der Waals surface area contributed by atoms with Crippen LogP contribution in [0.15, 0.2) is 30.3 Å². The first-order chi connectivity index (χ1) is 9.94. The van der Waals surface area contributed by atoms with Gasteiger partial charge in [0.25, 0.3) is 5.91 Å². The fourth-order valence-corrected chi connectivity index (χ4v) is 3.83. The van der Waals surface area contributed by atoms with E-state index >= 15 is 0 Å². The van der Waals surface area contributed by atoms with Crippen LogP contribution in [0, 0.1) is 0 Å². The van der Waals surface area contributed by atoms with E-state index in [9.17, 15) is 13.2 Å². The van der Waals surface area contributed by atoms with Gasteiger partial charge in [-0.1, -0.05) is 24.3 Å². The van der Waals surface area contributed by atoms with Gasteiger partial charge in [0.2, 0.25) is 10.0 Å². The van der Waals surface area contributed by atoms with Crippen molar-refractivity contribution in [1.82, 2.24) is 10.3 Å². The first kappa shape index (κ1) is 14.2. The summed E-state index contributed by atoms with van der Waals surface area (Å²) in [6.45, 7) is 0. The molecule has 1 aliphatic carbocycles. The van der Waals surface area contributed by atoms with Gasteiger partial charge in [-0.25, -0.2) is 8.42 Å². The van der Waals surface area contributed by atoms with E-state index in [4.69, 9.17) is 0 Å². The molecule has 0 bridgehead atoms. The highest BCUT2D eigenvalue weighted by molar-refractivity contribution is 7.88. The molecule has 0 unspecified atom stereocenters. The quantitative estimate of drug-likeness (QED) is 0.845. The molecule has 2 aromatic rings. The van der Waals surface area contributed by atoms with Gasteiger partial charge in [0.15, 0.2) is 0 Å². The van der Waals surface area contributed by atoms with E-state index in [-0.39, 0.29) is 0 Å². The lowest BCUT2D eigenvalue weighted by Crippen LogP contribution is -2.40. The summed E-state index contributed by atoms with van der Waals surface area (Å²) in [5.41, 5.74) is 5.80. The Bertz CT molecular complexity index is 809. The Balaban J connectivity index is 1.89. The Morgan fingerprint density at radius 1 is 1.19 bits per heavy atom. The van der Waals surface area contributed by atoms with Gasteiger partial charge in [-0.05, 0) is 35.6 Å². The zero-order chi connectivity index (χ0) is 15.0. The van der Waals surface area contributed by atoms with Crippen molar-refractivity contribution in [3.05, 3.63) is 46.3 Å². The van der Waals surface area contributed by atoms with Gasteiger partial charge < -0.3 is 0 Å². The van der Waals surface area contributed by atoms with Crippen molar-refractivity contribution in [3.8, 4) is 10.4 Å². The molecule has 0 aliphatic heterocycles. The summed E-state index contributed by atoms with van der Waals surface area (Å²) in [5, 5.41) is 0. The number of carbonyl (C=O) groups is 1. The topological polar surface area (TPSA) is 75.3 Å². The first-order valence-corrected chi connectivity index (χ1v) is 9.13. The molecule has 2 N–H and O–H groups in total. The van der Waals surface area contributed by atoms with E-state index in [1.54, 1.807) is 0 Å². The maximum atomic E-state index is 12.0. The van der Waals surface area contributed by atoms with E-state index in [0.29, 0.717) is 4.88 Å². The summed E-state index contributed by atoms with van der Waals surface area (Å²) in [5.74, 6) is -0.433. The van der Waals surface area contributed by atoms with Gasteiger partial charge in [-0.3, -0.25) is 10.2 Å². The molecular formula is C14H14N2O3S2. The summed E-state index contributed by atoms with van der Waals surface area (Å²) in [4.78, 5) is 15.6. The average molecular weight is 322 g/mol. The zero-order valence-corrected chi connectivity index (χ0v) is 13.0. The summed E-state index contributed by atoms with van der Waals surface area (Å²) < 4.78 is 22.0. The molecule has 21 heavy (non-hydrogen) atoms. The Morgan fingerprint density at radius 3 is 2.67 bits per heavy atom. The fraction of sp³-hybridized carbons (Fsp3) is 0.214. The fourth-order valence-electron chi connectivity index (χ4n) is 2.38. The van der Waals surface area contributed by atoms with Crippen LogP contribution in [0.1, 0.15) is 20.8 Å². The van der Waals surface area contributed by atoms with Crippen LogP contribution < -0.4 is 10.3 Å². The standard InChI is InChI=1S/C14H14N2O3S2/c1-21(18,19)16-15-14(17)12-8-10-7-6-9-4-2-3-5-11(9)13(10)20-12/h2-5,8,16H,6-7H2,1H3,(H,15,17). The number of hydrogen-bond donors (Lipinski definition) is 2. The van der Waals surface area contributed by atoms with Crippen LogP contribution in [-0.2, 0) is 22.9 Å². The second kappa shape index (κ2) is 5.25. The second-order valence-electron chi connectivity index (χ2n) is 4.95. The molecule has 1 amide bonds. The minimum Gasteiger partial charge on any atom is -0.273 e. The van der Waals surface area contributed by atoms with Gasteiger partial charge >= 0.3 is 0 Å². The molecule has 110 valence electrons. The smallest absolute Gasteiger partial charge is 0.273 e. The number of hydrazine groups is 1. The molecule has 0 fully saturated rings. The molecule has 1 aromatic heterocycles. The molecule has 7 heteroatoms. The maximum absolute atomic E-state index is 12.0. The molecule has 1 aromatic carbocycles. The van der Waals surface area contributed by atoms with Crippen LogP contribution in [0.5, 0.6) is 0 Å². The van der Waals surface area contributed by atoms with Gasteiger partial charge in [0, 0.05) is 4.88 Å². The van der Waals surface area contributed by atoms with E-state index in [2.05, 4.69) is 17.6 Å². The molecule has 5 nitrogen and oxygen atoms in total. The predicted molar refractivity (Wildman–Crippen MR) is 82.6 cm³/mol. The normalized spacial score (nSPS) is 13.4. The van der Waals surface area contributed by atoms with Crippen molar-refractivity contribution in [3.63, 3.8) is 0 Å². The Kier molecular flexibility index (Phi) is 3.56. The first-order valence-electron chi connectivity index (χ1n) is 6.42. The third kappa shape index (κ3) is 2.99. The number of sulfonamides is 1. The lowest BCUT2D eigenvalue weighted by Gasteiger charge is -2.15. The zero-order valence-electron chi connectivity index (χ0n) is 11.3. The molecule has 1 aliphatic rings. The van der Waals surface area contributed by atoms with Crippen molar-refractivity contribution < 1.29 is 13.2 Å². The molecular weight excluding hydrogens is 308 g/mol. The highest BCUT2D eigenvalue weighted by Gasteiger charge is 2.21. The van der Waals surface area contributed by atoms with Crippen molar-refractivity contribution in [2.45, 2.75) is 12.8 Å². The van der Waals surface area contributed by atoms with Gasteiger partial charge in [0.05, 0.1) is 11.1 Å². The van der Waals surface area contributed by atoms with E-state index in [1.165, 1.54) is 22.5 Å². The predicted octanol–water partition coefficient (Wildman–Crippen LogP) is 1.71. The number of nitrogens with one attached hydrogen (secondary N) is 2.